The first-order valence-corrected chi connectivity index (χ1v) is 7.42. The van der Waals surface area contributed by atoms with Crippen LogP contribution >= 0.6 is 0 Å². The van der Waals surface area contributed by atoms with Gasteiger partial charge in [-0.2, -0.15) is 0 Å². The summed E-state index contributed by atoms with van der Waals surface area (Å²) in [5.74, 6) is -0.396. The molecule has 9 heteroatoms. The van der Waals surface area contributed by atoms with Gasteiger partial charge in [-0.1, -0.05) is 5.92 Å². The summed E-state index contributed by atoms with van der Waals surface area (Å²) in [6.45, 7) is 4.31. The van der Waals surface area contributed by atoms with Crippen LogP contribution in [0.3, 0.4) is 0 Å². The lowest BCUT2D eigenvalue weighted by Crippen LogP contribution is -2.62. The van der Waals surface area contributed by atoms with E-state index in [1.165, 1.54) is 6.92 Å². The summed E-state index contributed by atoms with van der Waals surface area (Å²) in [5, 5.41) is 0. The second kappa shape index (κ2) is 9.03. The number of hydrogen-bond donors (Lipinski definition) is 0. The molecule has 1 aliphatic heterocycles. The third kappa shape index (κ3) is 6.08. The summed E-state index contributed by atoms with van der Waals surface area (Å²) in [5.41, 5.74) is 0. The fourth-order valence-corrected chi connectivity index (χ4v) is 2.36. The smallest absolute Gasteiger partial charge is 0.303 e. The molecule has 0 saturated carbocycles. The van der Waals surface area contributed by atoms with Crippen molar-refractivity contribution in [3.05, 3.63) is 0 Å². The molecule has 0 N–H and O–H groups in total. The second-order valence-electron chi connectivity index (χ2n) is 5.29. The Balaban J connectivity index is 3.21. The SMILES string of the molecule is C#CC1O[C@H](COC(C)=O)[C@@H](OC(C)=O)[C@H](OC(C)=O)[C@H]1OC(C)=O. The third-order valence-corrected chi connectivity index (χ3v) is 3.16. The van der Waals surface area contributed by atoms with Crippen molar-refractivity contribution in [1.82, 2.24) is 0 Å². The maximum absolute atomic E-state index is 11.5. The van der Waals surface area contributed by atoms with Crippen molar-refractivity contribution in [3.8, 4) is 12.3 Å². The molecule has 9 nitrogen and oxygen atoms in total. The number of carbonyl (C=O) groups excluding carboxylic acids is 4. The van der Waals surface area contributed by atoms with Crippen molar-refractivity contribution in [3.63, 3.8) is 0 Å². The molecular weight excluding hydrogens is 336 g/mol. The van der Waals surface area contributed by atoms with Crippen molar-refractivity contribution in [2.45, 2.75) is 58.2 Å². The van der Waals surface area contributed by atoms with Gasteiger partial charge < -0.3 is 23.7 Å². The first-order valence-electron chi connectivity index (χ1n) is 7.42. The van der Waals surface area contributed by atoms with Crippen LogP contribution in [0.2, 0.25) is 0 Å². The lowest BCUT2D eigenvalue weighted by atomic mass is 9.94. The van der Waals surface area contributed by atoms with E-state index in [-0.39, 0.29) is 6.61 Å². The minimum absolute atomic E-state index is 0.296. The van der Waals surface area contributed by atoms with Gasteiger partial charge in [0.25, 0.3) is 0 Å². The topological polar surface area (TPSA) is 114 Å². The Morgan fingerprint density at radius 3 is 1.76 bits per heavy atom. The molecule has 1 rings (SSSR count). The molecule has 0 aromatic carbocycles. The number of esters is 4. The molecule has 0 bridgehead atoms. The Morgan fingerprint density at radius 1 is 0.840 bits per heavy atom. The van der Waals surface area contributed by atoms with Crippen LogP contribution in [-0.4, -0.2) is 61.0 Å². The van der Waals surface area contributed by atoms with Crippen molar-refractivity contribution in [2.75, 3.05) is 6.61 Å². The van der Waals surface area contributed by atoms with E-state index in [0.717, 1.165) is 20.8 Å². The molecule has 0 aromatic rings. The number of rotatable bonds is 5. The van der Waals surface area contributed by atoms with E-state index in [9.17, 15) is 19.2 Å². The van der Waals surface area contributed by atoms with Crippen molar-refractivity contribution in [1.29, 1.82) is 0 Å². The first kappa shape index (κ1) is 20.4. The van der Waals surface area contributed by atoms with Gasteiger partial charge in [-0.3, -0.25) is 19.2 Å². The van der Waals surface area contributed by atoms with Crippen LogP contribution in [-0.2, 0) is 42.9 Å². The summed E-state index contributed by atoms with van der Waals surface area (Å²) in [6, 6.07) is 0. The predicted molar refractivity (Wildman–Crippen MR) is 80.8 cm³/mol. The number of hydrogen-bond acceptors (Lipinski definition) is 9. The largest absolute Gasteiger partial charge is 0.463 e. The Kier molecular flexibility index (Phi) is 7.39. The highest BCUT2D eigenvalue weighted by molar-refractivity contribution is 5.68. The van der Waals surface area contributed by atoms with Crippen molar-refractivity contribution < 1.29 is 42.9 Å². The maximum atomic E-state index is 11.5. The van der Waals surface area contributed by atoms with Gasteiger partial charge in [-0.05, 0) is 0 Å². The zero-order valence-corrected chi connectivity index (χ0v) is 14.3. The van der Waals surface area contributed by atoms with Crippen LogP contribution in [0.15, 0.2) is 0 Å². The number of ether oxygens (including phenoxy) is 5. The normalized spacial score (nSPS) is 28.2. The lowest BCUT2D eigenvalue weighted by molar-refractivity contribution is -0.242. The van der Waals surface area contributed by atoms with E-state index in [2.05, 4.69) is 5.92 Å². The molecule has 5 atom stereocenters. The summed E-state index contributed by atoms with van der Waals surface area (Å²) in [4.78, 5) is 45.3. The maximum Gasteiger partial charge on any atom is 0.303 e. The molecule has 25 heavy (non-hydrogen) atoms. The van der Waals surface area contributed by atoms with E-state index in [0.29, 0.717) is 0 Å². The van der Waals surface area contributed by atoms with E-state index in [1.807, 2.05) is 0 Å². The zero-order valence-electron chi connectivity index (χ0n) is 14.3. The third-order valence-electron chi connectivity index (χ3n) is 3.16. The van der Waals surface area contributed by atoms with Gasteiger partial charge in [0, 0.05) is 27.7 Å². The molecule has 1 saturated heterocycles. The highest BCUT2D eigenvalue weighted by atomic mass is 16.7. The molecule has 0 amide bonds. The van der Waals surface area contributed by atoms with Gasteiger partial charge in [0.1, 0.15) is 12.7 Å². The number of terminal acetylenes is 1. The summed E-state index contributed by atoms with van der Waals surface area (Å²) >= 11 is 0. The molecule has 1 fully saturated rings. The van der Waals surface area contributed by atoms with Crippen LogP contribution in [0.1, 0.15) is 27.7 Å². The lowest BCUT2D eigenvalue weighted by Gasteiger charge is -2.42. The Bertz CT molecular complexity index is 577. The first-order chi connectivity index (χ1) is 11.6. The van der Waals surface area contributed by atoms with Crippen LogP contribution in [0.25, 0.3) is 0 Å². The summed E-state index contributed by atoms with van der Waals surface area (Å²) in [6.07, 6.45) is -0.298. The van der Waals surface area contributed by atoms with E-state index in [1.54, 1.807) is 0 Å². The Hall–Kier alpha value is -2.60. The van der Waals surface area contributed by atoms with E-state index in [4.69, 9.17) is 30.1 Å². The predicted octanol–water partition coefficient (Wildman–Crippen LogP) is -0.255. The highest BCUT2D eigenvalue weighted by Gasteiger charge is 2.51. The standard InChI is InChI=1S/C16H20O9/c1-6-12-14(22-9(3)18)16(24-11(5)20)15(23-10(4)19)13(25-12)7-21-8(2)17/h1,12-16H,7H2,2-5H3/t12?,13-,14+,15-,16-/m1/s1. The van der Waals surface area contributed by atoms with Crippen LogP contribution in [0.5, 0.6) is 0 Å². The van der Waals surface area contributed by atoms with Gasteiger partial charge in [-0.15, -0.1) is 6.42 Å². The minimum Gasteiger partial charge on any atom is -0.463 e. The van der Waals surface area contributed by atoms with Crippen molar-refractivity contribution in [2.24, 2.45) is 0 Å². The quantitative estimate of drug-likeness (QED) is 0.373. The molecule has 0 spiro atoms. The molecule has 138 valence electrons. The average molecular weight is 356 g/mol. The number of carbonyl (C=O) groups is 4. The molecule has 1 aliphatic rings. The summed E-state index contributed by atoms with van der Waals surface area (Å²) in [7, 11) is 0. The molecule has 0 aliphatic carbocycles. The van der Waals surface area contributed by atoms with Crippen LogP contribution < -0.4 is 0 Å². The Labute approximate surface area is 144 Å². The Morgan fingerprint density at radius 2 is 1.32 bits per heavy atom. The fourth-order valence-electron chi connectivity index (χ4n) is 2.36. The molecule has 1 unspecified atom stereocenters. The van der Waals surface area contributed by atoms with Crippen LogP contribution in [0.4, 0.5) is 0 Å². The van der Waals surface area contributed by atoms with Crippen LogP contribution in [0, 0.1) is 12.3 Å². The van der Waals surface area contributed by atoms with Crippen molar-refractivity contribution >= 4 is 23.9 Å². The monoisotopic (exact) mass is 356 g/mol. The average Bonchev–Trinajstić information content (AvgIpc) is 2.48. The molecule has 0 radical (unpaired) electrons. The zero-order chi connectivity index (χ0) is 19.1. The molecular formula is C16H20O9. The van der Waals surface area contributed by atoms with Gasteiger partial charge in [0.15, 0.2) is 24.4 Å². The minimum atomic E-state index is -1.22. The van der Waals surface area contributed by atoms with Gasteiger partial charge in [-0.25, -0.2) is 0 Å². The summed E-state index contributed by atoms with van der Waals surface area (Å²) < 4.78 is 25.9. The molecule has 1 heterocycles. The van der Waals surface area contributed by atoms with E-state index < -0.39 is 54.4 Å². The molecule has 0 aromatic heterocycles. The van der Waals surface area contributed by atoms with Gasteiger partial charge in [0.05, 0.1) is 0 Å². The van der Waals surface area contributed by atoms with Gasteiger partial charge >= 0.3 is 23.9 Å². The fraction of sp³-hybridized carbons (Fsp3) is 0.625. The van der Waals surface area contributed by atoms with E-state index >= 15 is 0 Å². The van der Waals surface area contributed by atoms with Gasteiger partial charge in [0.2, 0.25) is 0 Å². The highest BCUT2D eigenvalue weighted by Crippen LogP contribution is 2.28. The second-order valence-corrected chi connectivity index (χ2v) is 5.29.